The predicted octanol–water partition coefficient (Wildman–Crippen LogP) is 3.17. The summed E-state index contributed by atoms with van der Waals surface area (Å²) in [7, 11) is 0.562. The molecule has 0 saturated carbocycles. The normalized spacial score (nSPS) is 12.9. The zero-order valence-corrected chi connectivity index (χ0v) is 12.2. The zero-order chi connectivity index (χ0) is 11.2. The van der Waals surface area contributed by atoms with Gasteiger partial charge in [-0.2, -0.15) is 0 Å². The molecule has 0 fully saturated rings. The first-order valence-electron chi connectivity index (χ1n) is 5.13. The van der Waals surface area contributed by atoms with Crippen LogP contribution in [0.3, 0.4) is 0 Å². The lowest BCUT2D eigenvalue weighted by molar-refractivity contribution is 0.249. The molecule has 14 heavy (non-hydrogen) atoms. The second-order valence-corrected chi connectivity index (χ2v) is 13.1. The van der Waals surface area contributed by atoms with E-state index in [9.17, 15) is 0 Å². The largest absolute Gasteiger partial charge is 0.398 e. The lowest BCUT2D eigenvalue weighted by Crippen LogP contribution is -2.36. The topological polar surface area (TPSA) is 18.5 Å². The highest BCUT2D eigenvalue weighted by Gasteiger charge is 2.29. The van der Waals surface area contributed by atoms with Crippen LogP contribution in [0.1, 0.15) is 6.42 Å². The summed E-state index contributed by atoms with van der Waals surface area (Å²) in [6, 6.07) is 2.37. The lowest BCUT2D eigenvalue weighted by atomic mass is 10.6. The molecule has 0 aromatic carbocycles. The molecule has 0 aromatic heterocycles. The molecule has 0 aromatic rings. The maximum absolute atomic E-state index is 5.44. The van der Waals surface area contributed by atoms with Gasteiger partial charge in [-0.3, -0.25) is 0 Å². The Morgan fingerprint density at radius 2 is 1.57 bits per heavy atom. The van der Waals surface area contributed by atoms with Crippen molar-refractivity contribution in [3.8, 4) is 0 Å². The fraction of sp³-hybridized carbons (Fsp3) is 0.800. The zero-order valence-electron chi connectivity index (χ0n) is 10.2. The summed E-state index contributed by atoms with van der Waals surface area (Å²) in [5.41, 5.74) is 2.16. The molecular weight excluding hydrogens is 208 g/mol. The van der Waals surface area contributed by atoms with E-state index in [2.05, 4.69) is 31.9 Å². The van der Waals surface area contributed by atoms with Crippen LogP contribution in [0.15, 0.2) is 12.3 Å². The summed E-state index contributed by atoms with van der Waals surface area (Å²) >= 11 is 0. The minimum Gasteiger partial charge on any atom is -0.398 e. The van der Waals surface area contributed by atoms with Gasteiger partial charge < -0.3 is 8.85 Å². The third-order valence-corrected chi connectivity index (χ3v) is 8.60. The Balaban J connectivity index is 3.89. The predicted molar refractivity (Wildman–Crippen MR) is 67.5 cm³/mol. The summed E-state index contributed by atoms with van der Waals surface area (Å²) in [4.78, 5) is 0. The minimum absolute atomic E-state index is 1.09. The van der Waals surface area contributed by atoms with Gasteiger partial charge in [0.05, 0.1) is 8.07 Å². The van der Waals surface area contributed by atoms with Crippen LogP contribution >= 0.6 is 0 Å². The molecule has 0 atom stereocenters. The van der Waals surface area contributed by atoms with Crippen molar-refractivity contribution in [3.63, 3.8) is 0 Å². The van der Waals surface area contributed by atoms with E-state index in [-0.39, 0.29) is 0 Å². The Morgan fingerprint density at radius 3 is 1.93 bits per heavy atom. The van der Waals surface area contributed by atoms with Gasteiger partial charge >= 0.3 is 8.56 Å². The summed E-state index contributed by atoms with van der Waals surface area (Å²) in [6.45, 7) is 10.7. The van der Waals surface area contributed by atoms with Crippen molar-refractivity contribution in [1.29, 1.82) is 0 Å². The van der Waals surface area contributed by atoms with Crippen molar-refractivity contribution in [2.45, 2.75) is 38.2 Å². The van der Waals surface area contributed by atoms with E-state index in [1.165, 1.54) is 12.5 Å². The van der Waals surface area contributed by atoms with Gasteiger partial charge in [-0.1, -0.05) is 25.6 Å². The van der Waals surface area contributed by atoms with Gasteiger partial charge in [-0.05, 0) is 12.6 Å². The Labute approximate surface area is 90.6 Å². The van der Waals surface area contributed by atoms with Gasteiger partial charge in [0.15, 0.2) is 0 Å². The second-order valence-electron chi connectivity index (χ2n) is 4.59. The van der Waals surface area contributed by atoms with Crippen molar-refractivity contribution >= 4 is 16.6 Å². The summed E-state index contributed by atoms with van der Waals surface area (Å²) in [5, 5.41) is 0. The highest BCUT2D eigenvalue weighted by atomic mass is 28.4. The van der Waals surface area contributed by atoms with E-state index in [0.29, 0.717) is 0 Å². The van der Waals surface area contributed by atoms with E-state index in [0.717, 1.165) is 6.04 Å². The summed E-state index contributed by atoms with van der Waals surface area (Å²) < 4.78 is 10.9. The van der Waals surface area contributed by atoms with Crippen LogP contribution in [0.4, 0.5) is 0 Å². The van der Waals surface area contributed by atoms with E-state index >= 15 is 0 Å². The smallest absolute Gasteiger partial charge is 0.334 e. The molecule has 0 unspecified atom stereocenters. The molecule has 0 rings (SSSR count). The first-order chi connectivity index (χ1) is 6.39. The van der Waals surface area contributed by atoms with Gasteiger partial charge in [-0.15, -0.1) is 12.3 Å². The molecule has 0 heterocycles. The van der Waals surface area contributed by atoms with Gasteiger partial charge in [0.1, 0.15) is 0 Å². The molecule has 2 nitrogen and oxygen atoms in total. The van der Waals surface area contributed by atoms with Gasteiger partial charge in [0.25, 0.3) is 0 Å². The standard InChI is InChI=1S/C10H24O2Si2/c1-7-13(4,5)9-8-10-14(6,11-2)12-3/h7H,1,8-10H2,2-6H3. The number of rotatable bonds is 7. The van der Waals surface area contributed by atoms with Gasteiger partial charge in [0.2, 0.25) is 0 Å². The van der Waals surface area contributed by atoms with Crippen molar-refractivity contribution in [1.82, 2.24) is 0 Å². The molecular formula is C10H24O2Si2. The van der Waals surface area contributed by atoms with E-state index < -0.39 is 16.6 Å². The lowest BCUT2D eigenvalue weighted by Gasteiger charge is -2.24. The highest BCUT2D eigenvalue weighted by Crippen LogP contribution is 2.20. The second kappa shape index (κ2) is 5.85. The van der Waals surface area contributed by atoms with Crippen LogP contribution in [0.5, 0.6) is 0 Å². The molecule has 4 heteroatoms. The number of hydrogen-bond acceptors (Lipinski definition) is 2. The fourth-order valence-corrected chi connectivity index (χ4v) is 4.29. The van der Waals surface area contributed by atoms with Crippen molar-refractivity contribution < 1.29 is 8.85 Å². The molecule has 0 aliphatic rings. The van der Waals surface area contributed by atoms with Crippen LogP contribution in [0.2, 0.25) is 31.7 Å². The Hall–Kier alpha value is 0.0938. The molecule has 0 radical (unpaired) electrons. The van der Waals surface area contributed by atoms with Crippen molar-refractivity contribution in [3.05, 3.63) is 12.3 Å². The van der Waals surface area contributed by atoms with Gasteiger partial charge in [-0.25, -0.2) is 0 Å². The first kappa shape index (κ1) is 14.1. The van der Waals surface area contributed by atoms with Crippen molar-refractivity contribution in [2.24, 2.45) is 0 Å². The van der Waals surface area contributed by atoms with Crippen LogP contribution < -0.4 is 0 Å². The van der Waals surface area contributed by atoms with Crippen LogP contribution in [-0.2, 0) is 8.85 Å². The highest BCUT2D eigenvalue weighted by molar-refractivity contribution is 6.82. The summed E-state index contributed by atoms with van der Waals surface area (Å²) in [6.07, 6.45) is 1.20. The Kier molecular flexibility index (Phi) is 5.89. The van der Waals surface area contributed by atoms with E-state index in [1.54, 1.807) is 14.2 Å². The molecule has 0 spiro atoms. The van der Waals surface area contributed by atoms with Gasteiger partial charge in [0, 0.05) is 14.2 Å². The monoisotopic (exact) mass is 232 g/mol. The molecule has 0 saturated heterocycles. The first-order valence-corrected chi connectivity index (χ1v) is 10.9. The van der Waals surface area contributed by atoms with E-state index in [1.807, 2.05) is 0 Å². The van der Waals surface area contributed by atoms with Crippen LogP contribution in [0.25, 0.3) is 0 Å². The third-order valence-electron chi connectivity index (χ3n) is 2.87. The summed E-state index contributed by atoms with van der Waals surface area (Å²) in [5.74, 6) is 0. The fourth-order valence-electron chi connectivity index (χ4n) is 1.25. The number of hydrogen-bond donors (Lipinski definition) is 0. The maximum atomic E-state index is 5.44. The average molecular weight is 232 g/mol. The Bertz CT molecular complexity index is 177. The molecule has 0 aliphatic carbocycles. The molecule has 0 bridgehead atoms. The molecule has 84 valence electrons. The van der Waals surface area contributed by atoms with Crippen molar-refractivity contribution in [2.75, 3.05) is 14.2 Å². The minimum atomic E-state index is -1.82. The van der Waals surface area contributed by atoms with E-state index in [4.69, 9.17) is 8.85 Å². The SMILES string of the molecule is C=C[Si](C)(C)CCC[Si](C)(OC)OC. The third kappa shape index (κ3) is 5.09. The quantitative estimate of drug-likeness (QED) is 0.628. The Morgan fingerprint density at radius 1 is 1.07 bits per heavy atom. The van der Waals surface area contributed by atoms with Crippen LogP contribution in [-0.4, -0.2) is 30.9 Å². The maximum Gasteiger partial charge on any atom is 0.334 e. The molecule has 0 amide bonds. The average Bonchev–Trinajstić information content (AvgIpc) is 2.17. The van der Waals surface area contributed by atoms with Crippen LogP contribution in [0, 0.1) is 0 Å². The molecule has 0 aliphatic heterocycles. The molecule has 0 N–H and O–H groups in total.